The van der Waals surface area contributed by atoms with Gasteiger partial charge in [-0.2, -0.15) is 4.98 Å². The van der Waals surface area contributed by atoms with Crippen molar-refractivity contribution in [3.8, 4) is 11.1 Å². The van der Waals surface area contributed by atoms with E-state index in [9.17, 15) is 4.55 Å². The van der Waals surface area contributed by atoms with Crippen molar-refractivity contribution in [3.63, 3.8) is 0 Å². The Morgan fingerprint density at radius 2 is 1.87 bits per heavy atom. The Labute approximate surface area is 178 Å². The first-order valence-corrected chi connectivity index (χ1v) is 10.5. The molecule has 4 aromatic rings. The van der Waals surface area contributed by atoms with Crippen LogP contribution in [0.5, 0.6) is 0 Å². The van der Waals surface area contributed by atoms with E-state index >= 15 is 0 Å². The van der Waals surface area contributed by atoms with Gasteiger partial charge in [0.15, 0.2) is 0 Å². The third kappa shape index (κ3) is 3.22. The Balaban J connectivity index is 1.50. The Bertz CT molecular complexity index is 1260. The molecule has 0 aliphatic carbocycles. The summed E-state index contributed by atoms with van der Waals surface area (Å²) in [7, 11) is 0. The molecule has 3 aromatic carbocycles. The van der Waals surface area contributed by atoms with Crippen LogP contribution in [0.15, 0.2) is 65.7 Å². The molecule has 30 heavy (non-hydrogen) atoms. The molecule has 0 saturated carbocycles. The topological polar surface area (TPSA) is 101 Å². The number of nitrogen functional groups attached to an aromatic ring is 2. The minimum absolute atomic E-state index is 0.195. The van der Waals surface area contributed by atoms with E-state index in [2.05, 4.69) is 45.2 Å². The molecule has 0 atom stereocenters. The molecule has 0 radical (unpaired) electrons. The Morgan fingerprint density at radius 1 is 1.03 bits per heavy atom. The zero-order chi connectivity index (χ0) is 20.7. The maximum atomic E-state index is 9.60. The minimum Gasteiger partial charge on any atom is -0.383 e. The standard InChI is InChI=1S/C23H21N5OS/c24-22-16(12-26-23(25)27-22)13-28-10-9-15-11-14(5-7-20(15)28)17-6-8-21(30-29)19-4-2-1-3-18(17)19/h1-8,11-12,29H,9-10,13H2,(H4,24,25,26,27). The molecule has 6 nitrogen and oxygen atoms in total. The number of hydrogen-bond donors (Lipinski definition) is 3. The van der Waals surface area contributed by atoms with Crippen LogP contribution in [-0.4, -0.2) is 21.1 Å². The van der Waals surface area contributed by atoms with Crippen LogP contribution in [0.4, 0.5) is 17.5 Å². The van der Waals surface area contributed by atoms with Gasteiger partial charge in [-0.1, -0.05) is 36.4 Å². The lowest BCUT2D eigenvalue weighted by Gasteiger charge is -2.20. The summed E-state index contributed by atoms with van der Waals surface area (Å²) in [5, 5.41) is 2.20. The summed E-state index contributed by atoms with van der Waals surface area (Å²) in [5.74, 6) is 0.626. The number of nitrogens with two attached hydrogens (primary N) is 2. The second-order valence-corrected chi connectivity index (χ2v) is 8.02. The van der Waals surface area contributed by atoms with Gasteiger partial charge in [0.2, 0.25) is 5.95 Å². The Kier molecular flexibility index (Phi) is 4.69. The van der Waals surface area contributed by atoms with E-state index in [0.717, 1.165) is 46.2 Å². The van der Waals surface area contributed by atoms with Gasteiger partial charge in [0.1, 0.15) is 5.82 Å². The monoisotopic (exact) mass is 415 g/mol. The summed E-state index contributed by atoms with van der Waals surface area (Å²) in [6, 6.07) is 18.9. The van der Waals surface area contributed by atoms with Crippen LogP contribution in [0.3, 0.4) is 0 Å². The summed E-state index contributed by atoms with van der Waals surface area (Å²) in [6.45, 7) is 1.58. The van der Waals surface area contributed by atoms with Crippen molar-refractivity contribution in [2.45, 2.75) is 17.9 Å². The zero-order valence-corrected chi connectivity index (χ0v) is 17.1. The van der Waals surface area contributed by atoms with E-state index in [1.54, 1.807) is 6.20 Å². The number of rotatable bonds is 4. The van der Waals surface area contributed by atoms with Gasteiger partial charge in [-0.25, -0.2) is 4.98 Å². The number of nitrogens with zero attached hydrogens (tertiary/aromatic N) is 3. The summed E-state index contributed by atoms with van der Waals surface area (Å²) >= 11 is 0.791. The molecule has 0 amide bonds. The van der Waals surface area contributed by atoms with Crippen LogP contribution in [0.1, 0.15) is 11.1 Å². The van der Waals surface area contributed by atoms with E-state index in [1.807, 2.05) is 24.3 Å². The lowest BCUT2D eigenvalue weighted by Crippen LogP contribution is -2.21. The zero-order valence-electron chi connectivity index (χ0n) is 16.2. The van der Waals surface area contributed by atoms with Gasteiger partial charge in [0.25, 0.3) is 0 Å². The molecule has 0 fully saturated rings. The van der Waals surface area contributed by atoms with Crippen LogP contribution < -0.4 is 16.4 Å². The van der Waals surface area contributed by atoms with Gasteiger partial charge in [0, 0.05) is 47.5 Å². The van der Waals surface area contributed by atoms with Crippen LogP contribution in [-0.2, 0) is 13.0 Å². The second kappa shape index (κ2) is 7.51. The lowest BCUT2D eigenvalue weighted by molar-refractivity contribution is 0.664. The van der Waals surface area contributed by atoms with E-state index in [0.29, 0.717) is 12.4 Å². The minimum atomic E-state index is 0.195. The fraction of sp³-hybridized carbons (Fsp3) is 0.130. The van der Waals surface area contributed by atoms with Gasteiger partial charge in [-0.05, 0) is 52.1 Å². The molecular weight excluding hydrogens is 394 g/mol. The highest BCUT2D eigenvalue weighted by atomic mass is 32.2. The van der Waals surface area contributed by atoms with Crippen LogP contribution >= 0.6 is 12.0 Å². The highest BCUT2D eigenvalue weighted by Crippen LogP contribution is 2.38. The predicted octanol–water partition coefficient (Wildman–Crippen LogP) is 4.59. The number of hydrogen-bond acceptors (Lipinski definition) is 7. The predicted molar refractivity (Wildman–Crippen MR) is 123 cm³/mol. The molecule has 0 spiro atoms. The first-order chi connectivity index (χ1) is 14.6. The second-order valence-electron chi connectivity index (χ2n) is 7.40. The van der Waals surface area contributed by atoms with Crippen molar-refractivity contribution in [1.29, 1.82) is 0 Å². The quantitative estimate of drug-likeness (QED) is 0.419. The maximum absolute atomic E-state index is 9.60. The van der Waals surface area contributed by atoms with Crippen molar-refractivity contribution in [2.24, 2.45) is 0 Å². The number of aromatic nitrogens is 2. The third-order valence-corrected chi connectivity index (χ3v) is 6.20. The molecule has 5 N–H and O–H groups in total. The van der Waals surface area contributed by atoms with Gasteiger partial charge in [-0.3, -0.25) is 0 Å². The summed E-state index contributed by atoms with van der Waals surface area (Å²) in [5.41, 5.74) is 17.4. The summed E-state index contributed by atoms with van der Waals surface area (Å²) in [6.07, 6.45) is 2.68. The van der Waals surface area contributed by atoms with Crippen LogP contribution in [0, 0.1) is 0 Å². The molecule has 0 bridgehead atoms. The van der Waals surface area contributed by atoms with E-state index in [4.69, 9.17) is 11.5 Å². The summed E-state index contributed by atoms with van der Waals surface area (Å²) < 4.78 is 9.60. The molecule has 1 aromatic heterocycles. The number of benzene rings is 3. The molecule has 150 valence electrons. The molecule has 0 saturated heterocycles. The van der Waals surface area contributed by atoms with Crippen molar-refractivity contribution in [2.75, 3.05) is 22.9 Å². The van der Waals surface area contributed by atoms with Gasteiger partial charge in [-0.15, -0.1) is 0 Å². The molecule has 1 aliphatic heterocycles. The Morgan fingerprint density at radius 3 is 2.67 bits per heavy atom. The SMILES string of the molecule is Nc1ncc(CN2CCc3cc(-c4ccc(SO)c5ccccc45)ccc32)c(N)n1. The van der Waals surface area contributed by atoms with Crippen molar-refractivity contribution in [1.82, 2.24) is 9.97 Å². The average Bonchev–Trinajstić information content (AvgIpc) is 3.17. The third-order valence-electron chi connectivity index (χ3n) is 5.64. The van der Waals surface area contributed by atoms with E-state index < -0.39 is 0 Å². The van der Waals surface area contributed by atoms with Gasteiger partial charge < -0.3 is 20.9 Å². The Hall–Kier alpha value is -3.29. The maximum Gasteiger partial charge on any atom is 0.221 e. The first kappa shape index (κ1) is 18.7. The van der Waals surface area contributed by atoms with Gasteiger partial charge in [0.05, 0.1) is 0 Å². The highest BCUT2D eigenvalue weighted by molar-refractivity contribution is 7.94. The van der Waals surface area contributed by atoms with Crippen LogP contribution in [0.25, 0.3) is 21.9 Å². The molecule has 7 heteroatoms. The normalized spacial score (nSPS) is 13.0. The number of anilines is 3. The van der Waals surface area contributed by atoms with Gasteiger partial charge >= 0.3 is 0 Å². The molecule has 5 rings (SSSR count). The molecule has 0 unspecified atom stereocenters. The smallest absolute Gasteiger partial charge is 0.221 e. The van der Waals surface area contributed by atoms with E-state index in [1.165, 1.54) is 22.4 Å². The molecule has 2 heterocycles. The highest BCUT2D eigenvalue weighted by Gasteiger charge is 2.21. The van der Waals surface area contributed by atoms with Crippen LogP contribution in [0.2, 0.25) is 0 Å². The van der Waals surface area contributed by atoms with E-state index in [-0.39, 0.29) is 5.95 Å². The fourth-order valence-corrected chi connectivity index (χ4v) is 4.57. The first-order valence-electron chi connectivity index (χ1n) is 9.72. The lowest BCUT2D eigenvalue weighted by atomic mass is 9.96. The largest absolute Gasteiger partial charge is 0.383 e. The number of fused-ring (bicyclic) bond motifs is 2. The van der Waals surface area contributed by atoms with Crippen molar-refractivity contribution >= 4 is 40.3 Å². The molecular formula is C23H21N5OS. The van der Waals surface area contributed by atoms with Crippen molar-refractivity contribution in [3.05, 3.63) is 71.9 Å². The summed E-state index contributed by atoms with van der Waals surface area (Å²) in [4.78, 5) is 11.3. The van der Waals surface area contributed by atoms with Crippen molar-refractivity contribution < 1.29 is 4.55 Å². The average molecular weight is 416 g/mol. The molecule has 1 aliphatic rings. The fourth-order valence-electron chi connectivity index (χ4n) is 4.17.